The van der Waals surface area contributed by atoms with Gasteiger partial charge in [0.05, 0.1) is 12.8 Å². The normalized spacial score (nSPS) is 13.1. The molecule has 18 heavy (non-hydrogen) atoms. The van der Waals surface area contributed by atoms with Gasteiger partial charge in [-0.3, -0.25) is 0 Å². The van der Waals surface area contributed by atoms with Crippen molar-refractivity contribution in [2.24, 2.45) is 5.16 Å². The van der Waals surface area contributed by atoms with Crippen molar-refractivity contribution < 1.29 is 9.94 Å². The van der Waals surface area contributed by atoms with Crippen LogP contribution in [0, 0.1) is 0 Å². The fourth-order valence-electron chi connectivity index (χ4n) is 1.78. The van der Waals surface area contributed by atoms with E-state index in [-0.39, 0.29) is 0 Å². The first kappa shape index (κ1) is 12.2. The second-order valence-corrected chi connectivity index (χ2v) is 4.17. The van der Waals surface area contributed by atoms with Gasteiger partial charge in [0, 0.05) is 22.7 Å². The maximum atomic E-state index is 8.75. The molecule has 0 amide bonds. The van der Waals surface area contributed by atoms with Gasteiger partial charge in [-0.2, -0.15) is 0 Å². The molecule has 94 valence electrons. The zero-order valence-corrected chi connectivity index (χ0v) is 10.7. The molecule has 0 atom stereocenters. The highest BCUT2D eigenvalue weighted by Crippen LogP contribution is 2.25. The van der Waals surface area contributed by atoms with Crippen LogP contribution in [0.2, 0.25) is 0 Å². The van der Waals surface area contributed by atoms with Gasteiger partial charge in [-0.05, 0) is 43.7 Å². The van der Waals surface area contributed by atoms with E-state index in [1.54, 1.807) is 14.0 Å². The number of H-pyrrole nitrogens is 1. The van der Waals surface area contributed by atoms with Gasteiger partial charge in [0.25, 0.3) is 0 Å². The number of oxime groups is 1. The molecule has 0 unspecified atom stereocenters. The molecule has 4 heteroatoms. The van der Waals surface area contributed by atoms with Crippen molar-refractivity contribution in [1.82, 2.24) is 4.98 Å². The molecular weight excluding hydrogens is 228 g/mol. The van der Waals surface area contributed by atoms with Crippen LogP contribution in [0.25, 0.3) is 17.0 Å². The number of rotatable bonds is 3. The van der Waals surface area contributed by atoms with E-state index in [0.29, 0.717) is 5.71 Å². The Morgan fingerprint density at radius 2 is 2.17 bits per heavy atom. The van der Waals surface area contributed by atoms with Crippen LogP contribution in [-0.2, 0) is 0 Å². The summed E-state index contributed by atoms with van der Waals surface area (Å²) in [5.74, 6) is 0.821. The molecule has 0 aliphatic carbocycles. The van der Waals surface area contributed by atoms with Crippen LogP contribution in [0.1, 0.15) is 19.4 Å². The number of ether oxygens (including phenoxy) is 1. The molecule has 2 aromatic rings. The van der Waals surface area contributed by atoms with E-state index in [9.17, 15) is 0 Å². The van der Waals surface area contributed by atoms with Gasteiger partial charge in [0.15, 0.2) is 0 Å². The first-order valence-electron chi connectivity index (χ1n) is 5.68. The van der Waals surface area contributed by atoms with Crippen molar-refractivity contribution in [3.8, 4) is 5.75 Å². The topological polar surface area (TPSA) is 57.6 Å². The molecule has 0 fully saturated rings. The van der Waals surface area contributed by atoms with Crippen LogP contribution in [0.5, 0.6) is 5.75 Å². The molecule has 0 aliphatic heterocycles. The van der Waals surface area contributed by atoms with Gasteiger partial charge >= 0.3 is 0 Å². The zero-order chi connectivity index (χ0) is 13.1. The average molecular weight is 244 g/mol. The third kappa shape index (κ3) is 2.22. The van der Waals surface area contributed by atoms with Crippen LogP contribution in [0.4, 0.5) is 0 Å². The summed E-state index contributed by atoms with van der Waals surface area (Å²) in [5, 5.41) is 13.0. The zero-order valence-electron chi connectivity index (χ0n) is 10.7. The predicted molar refractivity (Wildman–Crippen MR) is 73.4 cm³/mol. The average Bonchev–Trinajstić information content (AvgIpc) is 2.80. The molecule has 1 aromatic carbocycles. The highest BCUT2D eigenvalue weighted by molar-refractivity contribution is 6.03. The van der Waals surface area contributed by atoms with Crippen LogP contribution >= 0.6 is 0 Å². The minimum Gasteiger partial charge on any atom is -0.497 e. The van der Waals surface area contributed by atoms with E-state index in [0.717, 1.165) is 27.8 Å². The van der Waals surface area contributed by atoms with Crippen molar-refractivity contribution in [3.63, 3.8) is 0 Å². The lowest BCUT2D eigenvalue weighted by molar-refractivity contribution is 0.319. The van der Waals surface area contributed by atoms with Crippen molar-refractivity contribution in [2.75, 3.05) is 7.11 Å². The Morgan fingerprint density at radius 3 is 2.83 bits per heavy atom. The second kappa shape index (κ2) is 4.96. The molecule has 1 aromatic heterocycles. The molecule has 4 nitrogen and oxygen atoms in total. The number of nitrogens with zero attached hydrogens (tertiary/aromatic N) is 1. The van der Waals surface area contributed by atoms with Gasteiger partial charge in [0.2, 0.25) is 0 Å². The summed E-state index contributed by atoms with van der Waals surface area (Å²) >= 11 is 0. The van der Waals surface area contributed by atoms with Crippen molar-refractivity contribution in [2.45, 2.75) is 13.8 Å². The first-order valence-corrected chi connectivity index (χ1v) is 5.68. The number of hydrogen-bond donors (Lipinski definition) is 2. The Labute approximate surface area is 106 Å². The number of aromatic nitrogens is 1. The van der Waals surface area contributed by atoms with E-state index in [4.69, 9.17) is 9.94 Å². The number of methoxy groups -OCH3 is 1. The van der Waals surface area contributed by atoms with Crippen molar-refractivity contribution in [1.29, 1.82) is 0 Å². The number of fused-ring (bicyclic) bond motifs is 1. The minimum atomic E-state index is 0.604. The number of hydrogen-bond acceptors (Lipinski definition) is 3. The largest absolute Gasteiger partial charge is 0.497 e. The summed E-state index contributed by atoms with van der Waals surface area (Å²) < 4.78 is 5.22. The lowest BCUT2D eigenvalue weighted by Crippen LogP contribution is -1.92. The third-order valence-corrected chi connectivity index (χ3v) is 3.01. The van der Waals surface area contributed by atoms with E-state index < -0.39 is 0 Å². The van der Waals surface area contributed by atoms with Gasteiger partial charge in [-0.15, -0.1) is 0 Å². The lowest BCUT2D eigenvalue weighted by Gasteiger charge is -2.01. The SMILES string of the molecule is COc1ccc2[nH]cc(/C=C(C)\C(C)=N\O)c2c1. The molecule has 2 rings (SSSR count). The summed E-state index contributed by atoms with van der Waals surface area (Å²) in [4.78, 5) is 3.20. The first-order chi connectivity index (χ1) is 8.65. The Balaban J connectivity index is 2.52. The number of benzene rings is 1. The Hall–Kier alpha value is -2.23. The lowest BCUT2D eigenvalue weighted by atomic mass is 10.1. The van der Waals surface area contributed by atoms with Crippen LogP contribution in [0.15, 0.2) is 35.1 Å². The van der Waals surface area contributed by atoms with Gasteiger partial charge in [-0.25, -0.2) is 0 Å². The number of aromatic amines is 1. The Bertz CT molecular complexity index is 624. The quantitative estimate of drug-likeness (QED) is 0.493. The van der Waals surface area contributed by atoms with E-state index in [1.165, 1.54) is 0 Å². The third-order valence-electron chi connectivity index (χ3n) is 3.01. The van der Waals surface area contributed by atoms with Gasteiger partial charge < -0.3 is 14.9 Å². The summed E-state index contributed by atoms with van der Waals surface area (Å²) in [6, 6.07) is 5.88. The maximum Gasteiger partial charge on any atom is 0.119 e. The second-order valence-electron chi connectivity index (χ2n) is 4.17. The van der Waals surface area contributed by atoms with Crippen LogP contribution in [-0.4, -0.2) is 23.0 Å². The molecule has 1 heterocycles. The van der Waals surface area contributed by atoms with Crippen molar-refractivity contribution >= 4 is 22.7 Å². The van der Waals surface area contributed by atoms with Crippen LogP contribution < -0.4 is 4.74 Å². The molecular formula is C14H16N2O2. The number of nitrogens with one attached hydrogen (secondary N) is 1. The fraction of sp³-hybridized carbons (Fsp3) is 0.214. The van der Waals surface area contributed by atoms with E-state index >= 15 is 0 Å². The molecule has 0 saturated heterocycles. The van der Waals surface area contributed by atoms with E-state index in [1.807, 2.05) is 37.4 Å². The Morgan fingerprint density at radius 1 is 1.39 bits per heavy atom. The monoisotopic (exact) mass is 244 g/mol. The highest BCUT2D eigenvalue weighted by atomic mass is 16.5. The predicted octanol–water partition coefficient (Wildman–Crippen LogP) is 3.43. The fourth-order valence-corrected chi connectivity index (χ4v) is 1.78. The summed E-state index contributed by atoms with van der Waals surface area (Å²) in [6.07, 6.45) is 3.91. The summed E-state index contributed by atoms with van der Waals surface area (Å²) in [5.41, 5.74) is 3.62. The molecule has 0 radical (unpaired) electrons. The minimum absolute atomic E-state index is 0.604. The molecule has 0 spiro atoms. The van der Waals surface area contributed by atoms with Crippen LogP contribution in [0.3, 0.4) is 0 Å². The maximum absolute atomic E-state index is 8.75. The summed E-state index contributed by atoms with van der Waals surface area (Å²) in [6.45, 7) is 3.68. The smallest absolute Gasteiger partial charge is 0.119 e. The molecule has 0 aliphatic rings. The molecule has 0 saturated carbocycles. The van der Waals surface area contributed by atoms with Gasteiger partial charge in [-0.1, -0.05) is 5.16 Å². The standard InChI is InChI=1S/C14H16N2O2/c1-9(10(2)16-17)6-11-8-15-14-5-4-12(18-3)7-13(11)14/h4-8,15,17H,1-3H3/b9-6-,16-10+. The highest BCUT2D eigenvalue weighted by Gasteiger charge is 2.04. The Kier molecular flexibility index (Phi) is 3.37. The van der Waals surface area contributed by atoms with E-state index in [2.05, 4.69) is 10.1 Å². The molecule has 0 bridgehead atoms. The number of allylic oxidation sites excluding steroid dienone is 1. The van der Waals surface area contributed by atoms with Gasteiger partial charge in [0.1, 0.15) is 5.75 Å². The molecule has 2 N–H and O–H groups in total. The van der Waals surface area contributed by atoms with Crippen molar-refractivity contribution in [3.05, 3.63) is 35.5 Å². The summed E-state index contributed by atoms with van der Waals surface area (Å²) in [7, 11) is 1.65.